The third-order valence-electron chi connectivity index (χ3n) is 9.75. The van der Waals surface area contributed by atoms with Gasteiger partial charge in [-0.3, -0.25) is 24.1 Å². The number of rotatable bonds is 8. The van der Waals surface area contributed by atoms with Crippen LogP contribution in [0.25, 0.3) is 0 Å². The van der Waals surface area contributed by atoms with Gasteiger partial charge in [0.25, 0.3) is 0 Å². The number of ether oxygens (including phenoxy) is 3. The summed E-state index contributed by atoms with van der Waals surface area (Å²) in [7, 11) is 0. The largest absolute Gasteiger partial charge is 0.463 e. The van der Waals surface area contributed by atoms with Crippen LogP contribution in [0.4, 0.5) is 0 Å². The minimum Gasteiger partial charge on any atom is -0.463 e. The van der Waals surface area contributed by atoms with Gasteiger partial charge in [0.2, 0.25) is 17.7 Å². The second-order valence-corrected chi connectivity index (χ2v) is 12.6. The van der Waals surface area contributed by atoms with Crippen LogP contribution in [0.5, 0.6) is 0 Å². The first-order valence-electron chi connectivity index (χ1n) is 16.5. The first-order chi connectivity index (χ1) is 22.4. The number of likely N-dealkylation sites (tertiary alicyclic amines) is 1. The van der Waals surface area contributed by atoms with Crippen LogP contribution in [0.1, 0.15) is 37.3 Å². The highest BCUT2D eigenvalue weighted by atomic mass is 16.5. The van der Waals surface area contributed by atoms with Crippen molar-refractivity contribution in [2.24, 2.45) is 11.8 Å². The molecule has 3 amide bonds. The summed E-state index contributed by atoms with van der Waals surface area (Å²) < 4.78 is 17.8. The lowest BCUT2D eigenvalue weighted by atomic mass is 9.77. The summed E-state index contributed by atoms with van der Waals surface area (Å²) in [6.07, 6.45) is 8.01. The Morgan fingerprint density at radius 1 is 0.957 bits per heavy atom. The molecule has 2 N–H and O–H groups in total. The number of unbranched alkanes of at least 4 members (excludes halogenated alkanes) is 1. The number of aliphatic hydroxyl groups excluding tert-OH is 1. The number of hydrogen-bond donors (Lipinski definition) is 2. The first-order valence-corrected chi connectivity index (χ1v) is 16.5. The summed E-state index contributed by atoms with van der Waals surface area (Å²) >= 11 is 0. The highest BCUT2D eigenvalue weighted by Crippen LogP contribution is 2.53. The average Bonchev–Trinajstić information content (AvgIpc) is 3.45. The van der Waals surface area contributed by atoms with Gasteiger partial charge in [0.1, 0.15) is 18.2 Å². The van der Waals surface area contributed by atoms with Crippen molar-refractivity contribution in [2.75, 3.05) is 65.7 Å². The number of esters is 1. The maximum absolute atomic E-state index is 14.5. The minimum absolute atomic E-state index is 0.0271. The van der Waals surface area contributed by atoms with E-state index in [0.717, 1.165) is 18.7 Å². The number of cyclic esters (lactones) is 1. The molecule has 12 heteroatoms. The molecule has 6 rings (SSSR count). The number of carbonyl (C=O) groups is 4. The zero-order chi connectivity index (χ0) is 32.1. The number of morpholine rings is 1. The van der Waals surface area contributed by atoms with Crippen molar-refractivity contribution in [1.29, 1.82) is 0 Å². The van der Waals surface area contributed by atoms with Crippen LogP contribution in [0.15, 0.2) is 54.6 Å². The third-order valence-corrected chi connectivity index (χ3v) is 9.75. The summed E-state index contributed by atoms with van der Waals surface area (Å²) in [6.45, 7) is 4.64. The number of benzene rings is 1. The zero-order valence-electron chi connectivity index (χ0n) is 26.1. The molecule has 3 saturated heterocycles. The van der Waals surface area contributed by atoms with E-state index < -0.39 is 41.5 Å². The second kappa shape index (κ2) is 14.5. The molecule has 5 aliphatic heterocycles. The quantitative estimate of drug-likeness (QED) is 0.241. The van der Waals surface area contributed by atoms with Crippen LogP contribution >= 0.6 is 0 Å². The van der Waals surface area contributed by atoms with Gasteiger partial charge < -0.3 is 34.4 Å². The molecule has 1 aromatic carbocycles. The SMILES string of the molecule is O=C1CC/C=C\[C@@H]2O[C@@]34C=CCN(CCN5CCOCC5)C(=O)[C@@H]3N(CCCCO)C(=O)[C@H]4[C@@H]2C(=O)N[C@@H](c2ccccc2)CO1. The molecule has 1 spiro atoms. The normalized spacial score (nSPS) is 32.8. The standard InChI is InChI=1S/C34H44N4O8/c39-20-7-6-15-38-30-33(43)37(17-16-36-18-21-44-22-19-36)14-8-13-34(30)29(32(38)42)28-26(46-34)11-4-5-12-27(40)45-23-25(35-31(28)41)24-9-2-1-3-10-24/h1-4,8-11,13,25-26,28-30,39H,5-7,12,14-23H2,(H,35,41)/b11-4-/t25-,26+,28-,29-,30+,34-/m1/s1. The molecule has 3 fully saturated rings. The Hall–Kier alpha value is -3.58. The predicted octanol–water partition coefficient (Wildman–Crippen LogP) is 0.821. The van der Waals surface area contributed by atoms with Crippen molar-refractivity contribution in [3.63, 3.8) is 0 Å². The molecule has 1 aromatic rings. The lowest BCUT2D eigenvalue weighted by Gasteiger charge is -2.36. The van der Waals surface area contributed by atoms with Gasteiger partial charge in [-0.2, -0.15) is 0 Å². The Bertz CT molecular complexity index is 1330. The van der Waals surface area contributed by atoms with E-state index in [1.165, 1.54) is 0 Å². The average molecular weight is 637 g/mol. The zero-order valence-corrected chi connectivity index (χ0v) is 26.1. The van der Waals surface area contributed by atoms with Gasteiger partial charge in [-0.25, -0.2) is 0 Å². The fraction of sp³-hybridized carbons (Fsp3) is 0.588. The van der Waals surface area contributed by atoms with E-state index in [0.29, 0.717) is 52.1 Å². The van der Waals surface area contributed by atoms with E-state index in [-0.39, 0.29) is 44.0 Å². The molecule has 12 nitrogen and oxygen atoms in total. The fourth-order valence-corrected chi connectivity index (χ4v) is 7.41. The molecule has 5 aliphatic rings. The van der Waals surface area contributed by atoms with Crippen molar-refractivity contribution in [1.82, 2.24) is 20.0 Å². The van der Waals surface area contributed by atoms with Crippen molar-refractivity contribution >= 4 is 23.7 Å². The van der Waals surface area contributed by atoms with Crippen LogP contribution in [-0.2, 0) is 33.4 Å². The maximum atomic E-state index is 14.5. The topological polar surface area (TPSA) is 138 Å². The van der Waals surface area contributed by atoms with Gasteiger partial charge in [0.15, 0.2) is 0 Å². The lowest BCUT2D eigenvalue weighted by Crippen LogP contribution is -2.56. The van der Waals surface area contributed by atoms with Gasteiger partial charge in [-0.1, -0.05) is 54.6 Å². The van der Waals surface area contributed by atoms with Gasteiger partial charge in [-0.05, 0) is 24.8 Å². The van der Waals surface area contributed by atoms with E-state index in [1.54, 1.807) is 22.0 Å². The number of allylic oxidation sites excluding steroid dienone is 1. The number of amides is 3. The van der Waals surface area contributed by atoms with E-state index in [2.05, 4.69) is 10.2 Å². The summed E-state index contributed by atoms with van der Waals surface area (Å²) in [5, 5.41) is 12.5. The van der Waals surface area contributed by atoms with Crippen molar-refractivity contribution in [3.8, 4) is 0 Å². The smallest absolute Gasteiger partial charge is 0.306 e. The highest BCUT2D eigenvalue weighted by Gasteiger charge is 2.71. The molecule has 0 radical (unpaired) electrons. The molecule has 0 unspecified atom stereocenters. The van der Waals surface area contributed by atoms with E-state index in [1.807, 2.05) is 42.5 Å². The Balaban J connectivity index is 1.34. The van der Waals surface area contributed by atoms with Crippen molar-refractivity contribution in [3.05, 3.63) is 60.2 Å². The Morgan fingerprint density at radius 3 is 2.54 bits per heavy atom. The molecule has 0 bridgehead atoms. The first kappa shape index (κ1) is 32.4. The van der Waals surface area contributed by atoms with E-state index in [4.69, 9.17) is 14.2 Å². The molecular formula is C34H44N4O8. The lowest BCUT2D eigenvalue weighted by molar-refractivity contribution is -0.148. The van der Waals surface area contributed by atoms with Gasteiger partial charge in [0, 0.05) is 52.3 Å². The van der Waals surface area contributed by atoms with Gasteiger partial charge >= 0.3 is 5.97 Å². The number of nitrogens with one attached hydrogen (secondary N) is 1. The van der Waals surface area contributed by atoms with Crippen LogP contribution in [-0.4, -0.2) is 127 Å². The van der Waals surface area contributed by atoms with Crippen molar-refractivity contribution in [2.45, 2.75) is 49.5 Å². The Labute approximate surface area is 269 Å². The van der Waals surface area contributed by atoms with Crippen LogP contribution in [0.2, 0.25) is 0 Å². The highest BCUT2D eigenvalue weighted by molar-refractivity contribution is 5.99. The van der Waals surface area contributed by atoms with Gasteiger partial charge in [0.05, 0.1) is 37.2 Å². The third kappa shape index (κ3) is 6.48. The van der Waals surface area contributed by atoms with E-state index in [9.17, 15) is 24.3 Å². The molecule has 0 saturated carbocycles. The van der Waals surface area contributed by atoms with Crippen LogP contribution < -0.4 is 5.32 Å². The number of hydrogen-bond acceptors (Lipinski definition) is 9. The van der Waals surface area contributed by atoms with Crippen molar-refractivity contribution < 1.29 is 38.5 Å². The van der Waals surface area contributed by atoms with Crippen LogP contribution in [0, 0.1) is 11.8 Å². The summed E-state index contributed by atoms with van der Waals surface area (Å²) in [6, 6.07) is 7.69. The number of carbonyl (C=O) groups excluding carboxylic acids is 4. The number of aliphatic hydroxyl groups is 1. The summed E-state index contributed by atoms with van der Waals surface area (Å²) in [5.74, 6) is -3.15. The Morgan fingerprint density at radius 2 is 1.76 bits per heavy atom. The van der Waals surface area contributed by atoms with Gasteiger partial charge in [-0.15, -0.1) is 0 Å². The summed E-state index contributed by atoms with van der Waals surface area (Å²) in [4.78, 5) is 61.3. The monoisotopic (exact) mass is 636 g/mol. The molecule has 5 heterocycles. The van der Waals surface area contributed by atoms with Crippen LogP contribution in [0.3, 0.4) is 0 Å². The summed E-state index contributed by atoms with van der Waals surface area (Å²) in [5.41, 5.74) is -0.588. The second-order valence-electron chi connectivity index (χ2n) is 12.6. The number of fused-ring (bicyclic) bond motifs is 2. The molecular weight excluding hydrogens is 592 g/mol. The Kier molecular flexibility index (Phi) is 10.2. The predicted molar refractivity (Wildman–Crippen MR) is 166 cm³/mol. The molecule has 0 aliphatic carbocycles. The molecule has 0 aromatic heterocycles. The van der Waals surface area contributed by atoms with E-state index >= 15 is 0 Å². The maximum Gasteiger partial charge on any atom is 0.306 e. The number of nitrogens with zero attached hydrogens (tertiary/aromatic N) is 3. The molecule has 248 valence electrons. The molecule has 46 heavy (non-hydrogen) atoms. The minimum atomic E-state index is -1.35. The fourth-order valence-electron chi connectivity index (χ4n) is 7.41. The molecule has 6 atom stereocenters.